The van der Waals surface area contributed by atoms with E-state index in [9.17, 15) is 9.18 Å². The number of aromatic nitrogens is 2. The molecule has 0 radical (unpaired) electrons. The molecule has 2 atom stereocenters. The van der Waals surface area contributed by atoms with Crippen LogP contribution in [0, 0.1) is 0 Å². The minimum atomic E-state index is -0.933. The summed E-state index contributed by atoms with van der Waals surface area (Å²) < 4.78 is 18.8. The van der Waals surface area contributed by atoms with E-state index >= 15 is 0 Å². The lowest BCUT2D eigenvalue weighted by atomic mass is 10.2. The standard InChI is InChI=1S/C17H19FN6O2/c18-11-7-12(11)23-16-10(15(19)25)8-21-17(24-16)22-9-2-3-14-13(6-9)20-4-1-5-26-14/h2-3,6,8,11-12,20H,1,4-5,7H2,(H2,19,25)(H2,21,22,23,24). The molecule has 5 N–H and O–H groups in total. The second-order valence-corrected chi connectivity index (χ2v) is 6.29. The summed E-state index contributed by atoms with van der Waals surface area (Å²) in [7, 11) is 0. The fourth-order valence-electron chi connectivity index (χ4n) is 2.70. The summed E-state index contributed by atoms with van der Waals surface area (Å²) in [6.07, 6.45) is 1.72. The van der Waals surface area contributed by atoms with Gasteiger partial charge in [0.25, 0.3) is 5.91 Å². The molecular formula is C17H19FN6O2. The molecule has 0 bridgehead atoms. The van der Waals surface area contributed by atoms with Crippen molar-refractivity contribution in [1.82, 2.24) is 9.97 Å². The first-order chi connectivity index (χ1) is 12.6. The van der Waals surface area contributed by atoms with E-state index in [2.05, 4.69) is 25.9 Å². The molecule has 1 amide bonds. The van der Waals surface area contributed by atoms with Crippen molar-refractivity contribution in [1.29, 1.82) is 0 Å². The number of hydrogen-bond acceptors (Lipinski definition) is 7. The number of anilines is 4. The summed E-state index contributed by atoms with van der Waals surface area (Å²) in [4.78, 5) is 19.9. The van der Waals surface area contributed by atoms with Crippen LogP contribution in [-0.2, 0) is 0 Å². The lowest BCUT2D eigenvalue weighted by Gasteiger charge is -2.13. The minimum Gasteiger partial charge on any atom is -0.491 e. The van der Waals surface area contributed by atoms with Gasteiger partial charge >= 0.3 is 0 Å². The van der Waals surface area contributed by atoms with Crippen LogP contribution in [0.5, 0.6) is 5.75 Å². The van der Waals surface area contributed by atoms with Gasteiger partial charge in [0.05, 0.1) is 23.9 Å². The molecule has 1 aliphatic carbocycles. The molecule has 1 aromatic heterocycles. The molecule has 9 heteroatoms. The van der Waals surface area contributed by atoms with E-state index in [4.69, 9.17) is 10.5 Å². The molecule has 4 rings (SSSR count). The van der Waals surface area contributed by atoms with Crippen molar-refractivity contribution in [3.05, 3.63) is 30.0 Å². The highest BCUT2D eigenvalue weighted by Gasteiger charge is 2.38. The molecule has 2 aliphatic rings. The zero-order valence-corrected chi connectivity index (χ0v) is 14.0. The van der Waals surface area contributed by atoms with Gasteiger partial charge in [-0.25, -0.2) is 9.37 Å². The third-order valence-corrected chi connectivity index (χ3v) is 4.22. The lowest BCUT2D eigenvalue weighted by Crippen LogP contribution is -2.18. The quantitative estimate of drug-likeness (QED) is 0.646. The average molecular weight is 358 g/mol. The molecule has 1 aromatic carbocycles. The molecule has 0 spiro atoms. The van der Waals surface area contributed by atoms with Gasteiger partial charge in [0, 0.05) is 24.8 Å². The van der Waals surface area contributed by atoms with Crippen LogP contribution in [0.3, 0.4) is 0 Å². The molecule has 1 saturated carbocycles. The predicted molar refractivity (Wildman–Crippen MR) is 95.8 cm³/mol. The third kappa shape index (κ3) is 3.46. The predicted octanol–water partition coefficient (Wildman–Crippen LogP) is 2.04. The van der Waals surface area contributed by atoms with E-state index in [-0.39, 0.29) is 23.4 Å². The van der Waals surface area contributed by atoms with Crippen LogP contribution in [0.2, 0.25) is 0 Å². The number of ether oxygens (including phenoxy) is 1. The number of benzene rings is 1. The van der Waals surface area contributed by atoms with Crippen LogP contribution >= 0.6 is 0 Å². The molecular weight excluding hydrogens is 339 g/mol. The maximum Gasteiger partial charge on any atom is 0.254 e. The van der Waals surface area contributed by atoms with Crippen molar-refractivity contribution < 1.29 is 13.9 Å². The number of carbonyl (C=O) groups is 1. The van der Waals surface area contributed by atoms with E-state index in [0.717, 1.165) is 30.1 Å². The van der Waals surface area contributed by atoms with Gasteiger partial charge in [0.1, 0.15) is 17.7 Å². The second-order valence-electron chi connectivity index (χ2n) is 6.29. The molecule has 1 aliphatic heterocycles. The van der Waals surface area contributed by atoms with Crippen LogP contribution in [0.15, 0.2) is 24.4 Å². The summed E-state index contributed by atoms with van der Waals surface area (Å²) in [5.41, 5.74) is 7.12. The Morgan fingerprint density at radius 2 is 2.27 bits per heavy atom. The van der Waals surface area contributed by atoms with Crippen LogP contribution in [-0.4, -0.2) is 41.2 Å². The van der Waals surface area contributed by atoms with E-state index in [1.807, 2.05) is 18.2 Å². The maximum absolute atomic E-state index is 13.2. The van der Waals surface area contributed by atoms with Gasteiger partial charge in [-0.3, -0.25) is 4.79 Å². The van der Waals surface area contributed by atoms with E-state index < -0.39 is 12.1 Å². The Bertz CT molecular complexity index is 846. The molecule has 1 fully saturated rings. The normalized spacial score (nSPS) is 20.8. The maximum atomic E-state index is 13.2. The Labute approximate surface area is 149 Å². The van der Waals surface area contributed by atoms with Crippen LogP contribution in [0.1, 0.15) is 23.2 Å². The molecule has 0 saturated heterocycles. The van der Waals surface area contributed by atoms with Gasteiger partial charge in [0.15, 0.2) is 0 Å². The number of fused-ring (bicyclic) bond motifs is 1. The van der Waals surface area contributed by atoms with Gasteiger partial charge in [-0.2, -0.15) is 4.98 Å². The van der Waals surface area contributed by atoms with Crippen molar-refractivity contribution in [2.24, 2.45) is 5.73 Å². The molecule has 2 unspecified atom stereocenters. The number of primary amides is 1. The summed E-state index contributed by atoms with van der Waals surface area (Å²) in [5, 5.41) is 9.29. The number of amides is 1. The second kappa shape index (κ2) is 6.66. The number of nitrogens with one attached hydrogen (secondary N) is 3. The number of nitrogens with two attached hydrogens (primary N) is 1. The molecule has 26 heavy (non-hydrogen) atoms. The van der Waals surface area contributed by atoms with E-state index in [0.29, 0.717) is 13.0 Å². The number of carbonyl (C=O) groups excluding carboxylic acids is 1. The fourth-order valence-corrected chi connectivity index (χ4v) is 2.70. The Kier molecular flexibility index (Phi) is 4.19. The Hall–Kier alpha value is -3.10. The Morgan fingerprint density at radius 1 is 1.42 bits per heavy atom. The van der Waals surface area contributed by atoms with Crippen molar-refractivity contribution in [2.75, 3.05) is 29.1 Å². The number of halogens is 1. The highest BCUT2D eigenvalue weighted by molar-refractivity contribution is 5.97. The third-order valence-electron chi connectivity index (χ3n) is 4.22. The zero-order valence-electron chi connectivity index (χ0n) is 14.0. The molecule has 2 heterocycles. The number of alkyl halides is 1. The van der Waals surface area contributed by atoms with Gasteiger partial charge < -0.3 is 26.4 Å². The van der Waals surface area contributed by atoms with Crippen LogP contribution in [0.4, 0.5) is 27.5 Å². The monoisotopic (exact) mass is 358 g/mol. The Morgan fingerprint density at radius 3 is 3.04 bits per heavy atom. The first-order valence-electron chi connectivity index (χ1n) is 8.45. The summed E-state index contributed by atoms with van der Waals surface area (Å²) in [5.74, 6) is 0.643. The number of rotatable bonds is 5. The highest BCUT2D eigenvalue weighted by Crippen LogP contribution is 2.32. The lowest BCUT2D eigenvalue weighted by molar-refractivity contribution is 0.100. The minimum absolute atomic E-state index is 0.131. The van der Waals surface area contributed by atoms with Gasteiger partial charge in [0.2, 0.25) is 5.95 Å². The smallest absolute Gasteiger partial charge is 0.254 e. The molecule has 2 aromatic rings. The van der Waals surface area contributed by atoms with Gasteiger partial charge in [-0.05, 0) is 24.6 Å². The van der Waals surface area contributed by atoms with Crippen molar-refractivity contribution in [3.63, 3.8) is 0 Å². The fraction of sp³-hybridized carbons (Fsp3) is 0.353. The van der Waals surface area contributed by atoms with Crippen LogP contribution < -0.4 is 26.4 Å². The SMILES string of the molecule is NC(=O)c1cnc(Nc2ccc3c(c2)NCCCO3)nc1NC1CC1F. The van der Waals surface area contributed by atoms with E-state index in [1.165, 1.54) is 6.20 Å². The largest absolute Gasteiger partial charge is 0.491 e. The zero-order chi connectivity index (χ0) is 18.1. The summed E-state index contributed by atoms with van der Waals surface area (Å²) >= 11 is 0. The summed E-state index contributed by atoms with van der Waals surface area (Å²) in [6, 6.07) is 5.27. The Balaban J connectivity index is 1.57. The van der Waals surface area contributed by atoms with Crippen LogP contribution in [0.25, 0.3) is 0 Å². The number of hydrogen-bond donors (Lipinski definition) is 4. The highest BCUT2D eigenvalue weighted by atomic mass is 19.1. The van der Waals surface area contributed by atoms with Crippen molar-refractivity contribution in [3.8, 4) is 5.75 Å². The van der Waals surface area contributed by atoms with Crippen molar-refractivity contribution >= 4 is 29.0 Å². The number of nitrogens with zero attached hydrogens (tertiary/aromatic N) is 2. The first-order valence-corrected chi connectivity index (χ1v) is 8.45. The van der Waals surface area contributed by atoms with E-state index in [1.54, 1.807) is 0 Å². The van der Waals surface area contributed by atoms with Crippen molar-refractivity contribution in [2.45, 2.75) is 25.1 Å². The first kappa shape index (κ1) is 16.4. The van der Waals surface area contributed by atoms with Gasteiger partial charge in [-0.15, -0.1) is 0 Å². The summed E-state index contributed by atoms with van der Waals surface area (Å²) in [6.45, 7) is 1.51. The molecule has 8 nitrogen and oxygen atoms in total. The van der Waals surface area contributed by atoms with Gasteiger partial charge in [-0.1, -0.05) is 0 Å². The molecule has 136 valence electrons. The average Bonchev–Trinajstić information content (AvgIpc) is 3.35. The topological polar surface area (TPSA) is 114 Å².